The molecule has 0 radical (unpaired) electrons. The summed E-state index contributed by atoms with van der Waals surface area (Å²) in [4.78, 5) is 21.0. The molecule has 0 aliphatic rings. The van der Waals surface area contributed by atoms with Gasteiger partial charge in [-0.15, -0.1) is 0 Å². The molecule has 0 heterocycles. The predicted molar refractivity (Wildman–Crippen MR) is 59.4 cm³/mol. The van der Waals surface area contributed by atoms with Crippen molar-refractivity contribution in [2.45, 2.75) is 13.3 Å². The third kappa shape index (κ3) is 3.24. The summed E-state index contributed by atoms with van der Waals surface area (Å²) in [5.41, 5.74) is 1.86. The number of carbonyl (C=O) groups is 2. The highest BCUT2D eigenvalue weighted by Gasteiger charge is 2.03. The highest BCUT2D eigenvalue weighted by molar-refractivity contribution is 5.88. The standard InChI is InChI=1S/C12H12O4/c1-8-7-10(12(15)16)6-5-9(8)3-2-4-11(13)14/h2-3,5-7H,4H2,1H3,(H,13,14)(H,15,16). The van der Waals surface area contributed by atoms with Crippen LogP contribution in [0.2, 0.25) is 0 Å². The molecule has 1 aromatic carbocycles. The SMILES string of the molecule is Cc1cc(C(=O)O)ccc1C=CCC(=O)O. The maximum absolute atomic E-state index is 10.7. The normalized spacial score (nSPS) is 10.6. The van der Waals surface area contributed by atoms with E-state index in [4.69, 9.17) is 10.2 Å². The van der Waals surface area contributed by atoms with E-state index in [2.05, 4.69) is 0 Å². The van der Waals surface area contributed by atoms with Crippen LogP contribution in [0, 0.1) is 6.92 Å². The van der Waals surface area contributed by atoms with Gasteiger partial charge in [-0.05, 0) is 30.2 Å². The van der Waals surface area contributed by atoms with Crippen molar-refractivity contribution in [1.82, 2.24) is 0 Å². The predicted octanol–water partition coefficient (Wildman–Crippen LogP) is 2.18. The molecule has 0 saturated heterocycles. The fraction of sp³-hybridized carbons (Fsp3) is 0.167. The van der Waals surface area contributed by atoms with Crippen LogP contribution in [-0.2, 0) is 4.79 Å². The molecule has 0 fully saturated rings. The quantitative estimate of drug-likeness (QED) is 0.815. The molecule has 0 saturated carbocycles. The van der Waals surface area contributed by atoms with Gasteiger partial charge in [-0.3, -0.25) is 4.79 Å². The van der Waals surface area contributed by atoms with Crippen molar-refractivity contribution in [3.8, 4) is 0 Å². The lowest BCUT2D eigenvalue weighted by atomic mass is 10.0. The zero-order valence-electron chi connectivity index (χ0n) is 8.80. The molecular weight excluding hydrogens is 208 g/mol. The highest BCUT2D eigenvalue weighted by atomic mass is 16.4. The largest absolute Gasteiger partial charge is 0.481 e. The van der Waals surface area contributed by atoms with Gasteiger partial charge in [0.15, 0.2) is 0 Å². The fourth-order valence-corrected chi connectivity index (χ4v) is 1.28. The molecule has 16 heavy (non-hydrogen) atoms. The number of rotatable bonds is 4. The Morgan fingerprint density at radius 3 is 2.50 bits per heavy atom. The number of aliphatic carboxylic acids is 1. The lowest BCUT2D eigenvalue weighted by Gasteiger charge is -2.01. The van der Waals surface area contributed by atoms with Crippen LogP contribution in [0.4, 0.5) is 0 Å². The lowest BCUT2D eigenvalue weighted by molar-refractivity contribution is -0.135. The van der Waals surface area contributed by atoms with Crippen LogP contribution < -0.4 is 0 Å². The third-order valence-electron chi connectivity index (χ3n) is 2.11. The van der Waals surface area contributed by atoms with Gasteiger partial charge < -0.3 is 10.2 Å². The number of hydrogen-bond acceptors (Lipinski definition) is 2. The summed E-state index contributed by atoms with van der Waals surface area (Å²) in [7, 11) is 0. The number of aromatic carboxylic acids is 1. The van der Waals surface area contributed by atoms with Gasteiger partial charge in [0.05, 0.1) is 12.0 Å². The van der Waals surface area contributed by atoms with Gasteiger partial charge in [-0.1, -0.05) is 18.2 Å². The maximum Gasteiger partial charge on any atom is 0.335 e. The van der Waals surface area contributed by atoms with Crippen molar-refractivity contribution in [2.75, 3.05) is 0 Å². The average molecular weight is 220 g/mol. The molecule has 0 aliphatic carbocycles. The topological polar surface area (TPSA) is 74.6 Å². The first-order chi connectivity index (χ1) is 7.50. The van der Waals surface area contributed by atoms with Gasteiger partial charge in [0.1, 0.15) is 0 Å². The highest BCUT2D eigenvalue weighted by Crippen LogP contribution is 2.13. The van der Waals surface area contributed by atoms with Gasteiger partial charge in [-0.2, -0.15) is 0 Å². The second-order valence-corrected chi connectivity index (χ2v) is 3.38. The first-order valence-corrected chi connectivity index (χ1v) is 4.73. The molecule has 0 spiro atoms. The molecule has 4 heteroatoms. The van der Waals surface area contributed by atoms with Gasteiger partial charge in [-0.25, -0.2) is 4.79 Å². The van der Waals surface area contributed by atoms with Crippen molar-refractivity contribution in [2.24, 2.45) is 0 Å². The molecular formula is C12H12O4. The van der Waals surface area contributed by atoms with Crippen LogP contribution in [0.25, 0.3) is 6.08 Å². The second-order valence-electron chi connectivity index (χ2n) is 3.38. The van der Waals surface area contributed by atoms with E-state index in [1.165, 1.54) is 12.1 Å². The molecule has 0 amide bonds. The molecule has 4 nitrogen and oxygen atoms in total. The van der Waals surface area contributed by atoms with E-state index < -0.39 is 11.9 Å². The summed E-state index contributed by atoms with van der Waals surface area (Å²) in [5.74, 6) is -1.86. The van der Waals surface area contributed by atoms with Gasteiger partial charge in [0.2, 0.25) is 0 Å². The second kappa shape index (κ2) is 5.11. The van der Waals surface area contributed by atoms with E-state index in [0.717, 1.165) is 11.1 Å². The minimum absolute atomic E-state index is 0.0415. The summed E-state index contributed by atoms with van der Waals surface area (Å²) in [5, 5.41) is 17.2. The van der Waals surface area contributed by atoms with Crippen LogP contribution in [0.3, 0.4) is 0 Å². The Morgan fingerprint density at radius 2 is 2.00 bits per heavy atom. The van der Waals surface area contributed by atoms with E-state index >= 15 is 0 Å². The summed E-state index contributed by atoms with van der Waals surface area (Å²) >= 11 is 0. The molecule has 0 aliphatic heterocycles. The van der Waals surface area contributed by atoms with Crippen molar-refractivity contribution in [3.63, 3.8) is 0 Å². The molecule has 1 rings (SSSR count). The maximum atomic E-state index is 10.7. The van der Waals surface area contributed by atoms with Gasteiger partial charge in [0, 0.05) is 0 Å². The van der Waals surface area contributed by atoms with Gasteiger partial charge in [0.25, 0.3) is 0 Å². The van der Waals surface area contributed by atoms with Crippen LogP contribution in [0.15, 0.2) is 24.3 Å². The molecule has 1 aromatic rings. The van der Waals surface area contributed by atoms with E-state index in [0.29, 0.717) is 0 Å². The Balaban J connectivity index is 2.87. The van der Waals surface area contributed by atoms with E-state index in [-0.39, 0.29) is 12.0 Å². The van der Waals surface area contributed by atoms with Crippen molar-refractivity contribution in [1.29, 1.82) is 0 Å². The van der Waals surface area contributed by atoms with Crippen molar-refractivity contribution >= 4 is 18.0 Å². The number of hydrogen-bond donors (Lipinski definition) is 2. The van der Waals surface area contributed by atoms with E-state index in [1.54, 1.807) is 25.1 Å². The molecule has 84 valence electrons. The average Bonchev–Trinajstić information content (AvgIpc) is 2.19. The smallest absolute Gasteiger partial charge is 0.335 e. The first-order valence-electron chi connectivity index (χ1n) is 4.73. The Morgan fingerprint density at radius 1 is 1.31 bits per heavy atom. The third-order valence-corrected chi connectivity index (χ3v) is 2.11. The van der Waals surface area contributed by atoms with Crippen LogP contribution >= 0.6 is 0 Å². The molecule has 0 unspecified atom stereocenters. The number of benzene rings is 1. The van der Waals surface area contributed by atoms with E-state index in [9.17, 15) is 9.59 Å². The summed E-state index contributed by atoms with van der Waals surface area (Å²) in [6.45, 7) is 1.78. The monoisotopic (exact) mass is 220 g/mol. The molecule has 0 atom stereocenters. The minimum Gasteiger partial charge on any atom is -0.481 e. The van der Waals surface area contributed by atoms with Crippen LogP contribution in [0.1, 0.15) is 27.9 Å². The Bertz CT molecular complexity index is 446. The molecule has 0 bridgehead atoms. The zero-order valence-corrected chi connectivity index (χ0v) is 8.80. The Labute approximate surface area is 92.8 Å². The number of aryl methyl sites for hydroxylation is 1. The van der Waals surface area contributed by atoms with Crippen LogP contribution in [0.5, 0.6) is 0 Å². The van der Waals surface area contributed by atoms with Crippen molar-refractivity contribution < 1.29 is 19.8 Å². The molecule has 2 N–H and O–H groups in total. The van der Waals surface area contributed by atoms with Crippen LogP contribution in [-0.4, -0.2) is 22.2 Å². The first kappa shape index (κ1) is 12.0. The lowest BCUT2D eigenvalue weighted by Crippen LogP contribution is -1.97. The Hall–Kier alpha value is -2.10. The Kier molecular flexibility index (Phi) is 3.83. The summed E-state index contributed by atoms with van der Waals surface area (Å²) in [6.07, 6.45) is 3.17. The fourth-order valence-electron chi connectivity index (χ4n) is 1.28. The number of carboxylic acids is 2. The minimum atomic E-state index is -0.968. The zero-order chi connectivity index (χ0) is 12.1. The molecule has 0 aromatic heterocycles. The summed E-state index contributed by atoms with van der Waals surface area (Å²) < 4.78 is 0. The van der Waals surface area contributed by atoms with Crippen molar-refractivity contribution in [3.05, 3.63) is 41.0 Å². The summed E-state index contributed by atoms with van der Waals surface area (Å²) in [6, 6.07) is 4.72. The van der Waals surface area contributed by atoms with Gasteiger partial charge >= 0.3 is 11.9 Å². The van der Waals surface area contributed by atoms with E-state index in [1.807, 2.05) is 0 Å². The number of carboxylic acid groups (broad SMARTS) is 2.